The predicted molar refractivity (Wildman–Crippen MR) is 93.8 cm³/mol. The number of aryl methyl sites for hydroxylation is 1. The smallest absolute Gasteiger partial charge is 0.338 e. The fourth-order valence-corrected chi connectivity index (χ4v) is 2.14. The molecule has 2 aromatic rings. The van der Waals surface area contributed by atoms with Crippen LogP contribution in [0.15, 0.2) is 41.2 Å². The minimum absolute atomic E-state index is 0.158. The molecule has 0 unspecified atom stereocenters. The maximum atomic E-state index is 12.3. The van der Waals surface area contributed by atoms with Crippen molar-refractivity contribution in [3.63, 3.8) is 0 Å². The van der Waals surface area contributed by atoms with Crippen LogP contribution in [0.3, 0.4) is 0 Å². The Bertz CT molecular complexity index is 797. The normalized spacial score (nSPS) is 10.3. The molecule has 1 aromatic carbocycles. The monoisotopic (exact) mass is 343 g/mol. The molecule has 132 valence electrons. The van der Waals surface area contributed by atoms with Gasteiger partial charge in [-0.25, -0.2) is 9.48 Å². The highest BCUT2D eigenvalue weighted by molar-refractivity contribution is 6.03. The first-order chi connectivity index (χ1) is 12.0. The Labute approximate surface area is 145 Å². The van der Waals surface area contributed by atoms with E-state index in [0.29, 0.717) is 24.4 Å². The van der Waals surface area contributed by atoms with Crippen LogP contribution in [0.4, 0.5) is 5.69 Å². The molecule has 1 N–H and O–H groups in total. The number of unbranched alkanes of at least 4 members (excludes halogenated alkanes) is 1. The van der Waals surface area contributed by atoms with Gasteiger partial charge in [-0.2, -0.15) is 5.10 Å². The van der Waals surface area contributed by atoms with Gasteiger partial charge in [-0.1, -0.05) is 13.3 Å². The number of esters is 1. The first-order valence-electron chi connectivity index (χ1n) is 8.21. The van der Waals surface area contributed by atoms with E-state index in [0.717, 1.165) is 12.8 Å². The zero-order chi connectivity index (χ0) is 18.2. The lowest BCUT2D eigenvalue weighted by molar-refractivity contribution is 0.0526. The van der Waals surface area contributed by atoms with E-state index in [4.69, 9.17) is 4.74 Å². The number of hydrogen-bond donors (Lipinski definition) is 1. The second-order valence-corrected chi connectivity index (χ2v) is 5.39. The van der Waals surface area contributed by atoms with Crippen LogP contribution < -0.4 is 10.9 Å². The second kappa shape index (κ2) is 8.77. The summed E-state index contributed by atoms with van der Waals surface area (Å²) in [5, 5.41) is 6.78. The average Bonchev–Trinajstić information content (AvgIpc) is 2.61. The quantitative estimate of drug-likeness (QED) is 0.780. The molecule has 0 fully saturated rings. The molecule has 7 heteroatoms. The molecule has 0 saturated heterocycles. The number of carbonyl (C=O) groups excluding carboxylic acids is 2. The van der Waals surface area contributed by atoms with Crippen LogP contribution in [-0.2, 0) is 11.3 Å². The van der Waals surface area contributed by atoms with Gasteiger partial charge < -0.3 is 10.1 Å². The highest BCUT2D eigenvalue weighted by Crippen LogP contribution is 2.11. The summed E-state index contributed by atoms with van der Waals surface area (Å²) < 4.78 is 6.20. The Balaban J connectivity index is 2.09. The highest BCUT2D eigenvalue weighted by Gasteiger charge is 2.11. The van der Waals surface area contributed by atoms with Gasteiger partial charge in [0.25, 0.3) is 11.5 Å². The van der Waals surface area contributed by atoms with Gasteiger partial charge in [0.1, 0.15) is 5.69 Å². The van der Waals surface area contributed by atoms with Crippen LogP contribution in [0.1, 0.15) is 47.5 Å². The van der Waals surface area contributed by atoms with E-state index in [9.17, 15) is 14.4 Å². The molecule has 0 atom stereocenters. The molecule has 2 rings (SSSR count). The van der Waals surface area contributed by atoms with E-state index in [-0.39, 0.29) is 11.3 Å². The Morgan fingerprint density at radius 3 is 2.48 bits per heavy atom. The van der Waals surface area contributed by atoms with Crippen molar-refractivity contribution in [1.29, 1.82) is 0 Å². The van der Waals surface area contributed by atoms with E-state index in [1.54, 1.807) is 31.2 Å². The average molecular weight is 343 g/mol. The summed E-state index contributed by atoms with van der Waals surface area (Å²) in [6, 6.07) is 9.09. The summed E-state index contributed by atoms with van der Waals surface area (Å²) in [4.78, 5) is 35.6. The van der Waals surface area contributed by atoms with Crippen molar-refractivity contribution >= 4 is 17.6 Å². The van der Waals surface area contributed by atoms with Crippen LogP contribution in [0.2, 0.25) is 0 Å². The maximum Gasteiger partial charge on any atom is 0.338 e. The molecule has 0 bridgehead atoms. The third-order valence-corrected chi connectivity index (χ3v) is 3.48. The summed E-state index contributed by atoms with van der Waals surface area (Å²) in [6.45, 7) is 4.53. The zero-order valence-corrected chi connectivity index (χ0v) is 14.3. The van der Waals surface area contributed by atoms with Gasteiger partial charge in [0.2, 0.25) is 0 Å². The van der Waals surface area contributed by atoms with E-state index in [1.807, 2.05) is 6.92 Å². The maximum absolute atomic E-state index is 12.3. The van der Waals surface area contributed by atoms with Crippen molar-refractivity contribution in [1.82, 2.24) is 9.78 Å². The summed E-state index contributed by atoms with van der Waals surface area (Å²) in [5.41, 5.74) is 0.853. The van der Waals surface area contributed by atoms with Crippen LogP contribution in [0.5, 0.6) is 0 Å². The molecule has 1 amide bonds. The van der Waals surface area contributed by atoms with Gasteiger partial charge in [0.05, 0.1) is 12.2 Å². The molecular weight excluding hydrogens is 322 g/mol. The van der Waals surface area contributed by atoms with Gasteiger partial charge in [-0.05, 0) is 43.7 Å². The standard InChI is InChI=1S/C18H21N3O4/c1-3-5-12-21-16(22)11-10-15(20-21)17(23)19-14-8-6-13(7-9-14)18(24)25-4-2/h6-11H,3-5,12H2,1-2H3,(H,19,23). The fourth-order valence-electron chi connectivity index (χ4n) is 2.14. The van der Waals surface area contributed by atoms with Crippen molar-refractivity contribution in [2.75, 3.05) is 11.9 Å². The molecule has 0 aliphatic rings. The zero-order valence-electron chi connectivity index (χ0n) is 14.3. The molecule has 0 radical (unpaired) electrons. The number of carbonyl (C=O) groups is 2. The Hall–Kier alpha value is -2.96. The molecule has 1 aromatic heterocycles. The molecule has 0 aliphatic heterocycles. The lowest BCUT2D eigenvalue weighted by Crippen LogP contribution is -2.26. The third kappa shape index (κ3) is 5.00. The van der Waals surface area contributed by atoms with Crippen molar-refractivity contribution in [2.24, 2.45) is 0 Å². The molecule has 1 heterocycles. The number of nitrogens with one attached hydrogen (secondary N) is 1. The van der Waals surface area contributed by atoms with Crippen LogP contribution >= 0.6 is 0 Å². The summed E-state index contributed by atoms with van der Waals surface area (Å²) in [7, 11) is 0. The first kappa shape index (κ1) is 18.4. The van der Waals surface area contributed by atoms with Crippen LogP contribution in [0, 0.1) is 0 Å². The van der Waals surface area contributed by atoms with Gasteiger partial charge in [-0.15, -0.1) is 0 Å². The minimum Gasteiger partial charge on any atom is -0.462 e. The van der Waals surface area contributed by atoms with Crippen molar-refractivity contribution < 1.29 is 14.3 Å². The number of nitrogens with zero attached hydrogens (tertiary/aromatic N) is 2. The van der Waals surface area contributed by atoms with Crippen LogP contribution in [-0.4, -0.2) is 28.3 Å². The third-order valence-electron chi connectivity index (χ3n) is 3.48. The molecule has 7 nitrogen and oxygen atoms in total. The number of aromatic nitrogens is 2. The minimum atomic E-state index is -0.422. The summed E-state index contributed by atoms with van der Waals surface area (Å²) in [5.74, 6) is -0.834. The number of rotatable bonds is 7. The Kier molecular flexibility index (Phi) is 6.45. The fraction of sp³-hybridized carbons (Fsp3) is 0.333. The van der Waals surface area contributed by atoms with E-state index in [2.05, 4.69) is 10.4 Å². The van der Waals surface area contributed by atoms with Crippen molar-refractivity contribution in [3.05, 3.63) is 58.0 Å². The Morgan fingerprint density at radius 1 is 1.12 bits per heavy atom. The SMILES string of the molecule is CCCCn1nc(C(=O)Nc2ccc(C(=O)OCC)cc2)ccc1=O. The molecule has 0 spiro atoms. The molecule has 25 heavy (non-hydrogen) atoms. The van der Waals surface area contributed by atoms with Gasteiger partial charge in [0, 0.05) is 18.3 Å². The van der Waals surface area contributed by atoms with Gasteiger partial charge in [0.15, 0.2) is 0 Å². The number of anilines is 1. The van der Waals surface area contributed by atoms with Gasteiger partial charge >= 0.3 is 5.97 Å². The molecule has 0 saturated carbocycles. The van der Waals surface area contributed by atoms with Crippen molar-refractivity contribution in [3.8, 4) is 0 Å². The van der Waals surface area contributed by atoms with Crippen molar-refractivity contribution in [2.45, 2.75) is 33.2 Å². The number of amides is 1. The Morgan fingerprint density at radius 2 is 1.84 bits per heavy atom. The summed E-state index contributed by atoms with van der Waals surface area (Å²) in [6.07, 6.45) is 1.74. The topological polar surface area (TPSA) is 90.3 Å². The highest BCUT2D eigenvalue weighted by atomic mass is 16.5. The van der Waals surface area contributed by atoms with E-state index < -0.39 is 11.9 Å². The van der Waals surface area contributed by atoms with Gasteiger partial charge in [-0.3, -0.25) is 9.59 Å². The van der Waals surface area contributed by atoms with Crippen LogP contribution in [0.25, 0.3) is 0 Å². The van der Waals surface area contributed by atoms with E-state index >= 15 is 0 Å². The van der Waals surface area contributed by atoms with E-state index in [1.165, 1.54) is 16.8 Å². The first-order valence-corrected chi connectivity index (χ1v) is 8.21. The number of hydrogen-bond acceptors (Lipinski definition) is 5. The largest absolute Gasteiger partial charge is 0.462 e. The lowest BCUT2D eigenvalue weighted by Gasteiger charge is -2.08. The molecule has 0 aliphatic carbocycles. The summed E-state index contributed by atoms with van der Waals surface area (Å²) >= 11 is 0. The number of benzene rings is 1. The molecular formula is C18H21N3O4. The lowest BCUT2D eigenvalue weighted by atomic mass is 10.2. The predicted octanol–water partition coefficient (Wildman–Crippen LogP) is 2.47. The second-order valence-electron chi connectivity index (χ2n) is 5.39. The number of ether oxygens (including phenoxy) is 1.